The van der Waals surface area contributed by atoms with Crippen LogP contribution in [0.2, 0.25) is 0 Å². The molecule has 18 heavy (non-hydrogen) atoms. The predicted molar refractivity (Wildman–Crippen MR) is 75.5 cm³/mol. The van der Waals surface area contributed by atoms with Crippen LogP contribution in [-0.4, -0.2) is 12.3 Å². The SMILES string of the molecule is CC(CN)CC(=O)Cc1cccc2ccccc12. The Morgan fingerprint density at radius 2 is 1.89 bits per heavy atom. The fraction of sp³-hybridized carbons (Fsp3) is 0.312. The molecule has 0 fully saturated rings. The molecule has 0 bridgehead atoms. The summed E-state index contributed by atoms with van der Waals surface area (Å²) in [7, 11) is 0. The van der Waals surface area contributed by atoms with E-state index in [2.05, 4.69) is 18.2 Å². The van der Waals surface area contributed by atoms with E-state index < -0.39 is 0 Å². The van der Waals surface area contributed by atoms with E-state index in [1.165, 1.54) is 10.8 Å². The molecule has 0 saturated carbocycles. The number of hydrogen-bond acceptors (Lipinski definition) is 2. The lowest BCUT2D eigenvalue weighted by Gasteiger charge is -2.09. The summed E-state index contributed by atoms with van der Waals surface area (Å²) in [6.07, 6.45) is 1.07. The molecular formula is C16H19NO. The zero-order valence-corrected chi connectivity index (χ0v) is 10.7. The van der Waals surface area contributed by atoms with E-state index in [9.17, 15) is 4.79 Å². The van der Waals surface area contributed by atoms with Crippen molar-refractivity contribution >= 4 is 16.6 Å². The highest BCUT2D eigenvalue weighted by molar-refractivity contribution is 5.90. The highest BCUT2D eigenvalue weighted by Gasteiger charge is 2.10. The van der Waals surface area contributed by atoms with Crippen LogP contribution >= 0.6 is 0 Å². The van der Waals surface area contributed by atoms with Crippen LogP contribution in [0, 0.1) is 5.92 Å². The summed E-state index contributed by atoms with van der Waals surface area (Å²) in [6.45, 7) is 2.59. The van der Waals surface area contributed by atoms with Gasteiger partial charge in [-0.2, -0.15) is 0 Å². The van der Waals surface area contributed by atoms with Crippen LogP contribution in [0.15, 0.2) is 42.5 Å². The van der Waals surface area contributed by atoms with E-state index in [0.29, 0.717) is 19.4 Å². The minimum atomic E-state index is 0.268. The Morgan fingerprint density at radius 3 is 2.67 bits per heavy atom. The summed E-state index contributed by atoms with van der Waals surface area (Å²) in [5.74, 6) is 0.539. The largest absolute Gasteiger partial charge is 0.330 e. The fourth-order valence-electron chi connectivity index (χ4n) is 2.20. The number of rotatable bonds is 5. The number of carbonyl (C=O) groups excluding carboxylic acids is 1. The molecule has 2 rings (SSSR count). The third-order valence-electron chi connectivity index (χ3n) is 3.25. The number of carbonyl (C=O) groups is 1. The van der Waals surface area contributed by atoms with Gasteiger partial charge in [0.15, 0.2) is 0 Å². The third kappa shape index (κ3) is 2.96. The monoisotopic (exact) mass is 241 g/mol. The number of ketones is 1. The molecular weight excluding hydrogens is 222 g/mol. The minimum absolute atomic E-state index is 0.268. The summed E-state index contributed by atoms with van der Waals surface area (Å²) in [5, 5.41) is 2.36. The quantitative estimate of drug-likeness (QED) is 0.874. The van der Waals surface area contributed by atoms with Gasteiger partial charge in [-0.3, -0.25) is 4.79 Å². The van der Waals surface area contributed by atoms with Crippen LogP contribution in [0.4, 0.5) is 0 Å². The topological polar surface area (TPSA) is 43.1 Å². The van der Waals surface area contributed by atoms with Crippen LogP contribution in [0.1, 0.15) is 18.9 Å². The molecule has 2 aromatic rings. The van der Waals surface area contributed by atoms with E-state index in [4.69, 9.17) is 5.73 Å². The fourth-order valence-corrected chi connectivity index (χ4v) is 2.20. The average molecular weight is 241 g/mol. The molecule has 2 heteroatoms. The van der Waals surface area contributed by atoms with Gasteiger partial charge in [-0.05, 0) is 28.8 Å². The Hall–Kier alpha value is -1.67. The molecule has 94 valence electrons. The lowest BCUT2D eigenvalue weighted by atomic mass is 9.96. The van der Waals surface area contributed by atoms with Crippen LogP contribution in [0.5, 0.6) is 0 Å². The molecule has 0 heterocycles. The van der Waals surface area contributed by atoms with Crippen LogP contribution in [0.25, 0.3) is 10.8 Å². The molecule has 0 aliphatic carbocycles. The van der Waals surface area contributed by atoms with Gasteiger partial charge in [-0.15, -0.1) is 0 Å². The summed E-state index contributed by atoms with van der Waals surface area (Å²) in [5.41, 5.74) is 6.67. The molecule has 0 radical (unpaired) electrons. The number of benzene rings is 2. The van der Waals surface area contributed by atoms with Crippen molar-refractivity contribution in [2.75, 3.05) is 6.54 Å². The highest BCUT2D eigenvalue weighted by Crippen LogP contribution is 2.19. The van der Waals surface area contributed by atoms with E-state index in [1.54, 1.807) is 0 Å². The molecule has 0 spiro atoms. The van der Waals surface area contributed by atoms with Crippen molar-refractivity contribution in [1.82, 2.24) is 0 Å². The first-order chi connectivity index (χ1) is 8.70. The Balaban J connectivity index is 2.19. The summed E-state index contributed by atoms with van der Waals surface area (Å²) in [6, 6.07) is 14.3. The van der Waals surface area contributed by atoms with Gasteiger partial charge in [0.2, 0.25) is 0 Å². The molecule has 0 aliphatic heterocycles. The first kappa shape index (κ1) is 12.8. The van der Waals surface area contributed by atoms with Gasteiger partial charge in [-0.25, -0.2) is 0 Å². The molecule has 0 amide bonds. The van der Waals surface area contributed by atoms with Crippen molar-refractivity contribution in [2.45, 2.75) is 19.8 Å². The second-order valence-electron chi connectivity index (χ2n) is 4.90. The average Bonchev–Trinajstić information content (AvgIpc) is 2.39. The summed E-state index contributed by atoms with van der Waals surface area (Å²) < 4.78 is 0. The van der Waals surface area contributed by atoms with Crippen molar-refractivity contribution in [1.29, 1.82) is 0 Å². The molecule has 2 nitrogen and oxygen atoms in total. The lowest BCUT2D eigenvalue weighted by Crippen LogP contribution is -2.16. The molecule has 2 N–H and O–H groups in total. The Morgan fingerprint density at radius 1 is 1.17 bits per heavy atom. The maximum absolute atomic E-state index is 12.0. The van der Waals surface area contributed by atoms with Gasteiger partial charge in [-0.1, -0.05) is 49.4 Å². The van der Waals surface area contributed by atoms with Crippen LogP contribution < -0.4 is 5.73 Å². The molecule has 2 aromatic carbocycles. The zero-order chi connectivity index (χ0) is 13.0. The second kappa shape index (κ2) is 5.78. The van der Waals surface area contributed by atoms with E-state index >= 15 is 0 Å². The molecule has 0 saturated heterocycles. The number of fused-ring (bicyclic) bond motifs is 1. The van der Waals surface area contributed by atoms with Crippen LogP contribution in [0.3, 0.4) is 0 Å². The minimum Gasteiger partial charge on any atom is -0.330 e. The van der Waals surface area contributed by atoms with Crippen molar-refractivity contribution in [3.63, 3.8) is 0 Å². The maximum atomic E-state index is 12.0. The van der Waals surface area contributed by atoms with Gasteiger partial charge < -0.3 is 5.73 Å². The Bertz CT molecular complexity index is 542. The zero-order valence-electron chi connectivity index (χ0n) is 10.7. The third-order valence-corrected chi connectivity index (χ3v) is 3.25. The van der Waals surface area contributed by atoms with Crippen molar-refractivity contribution in [3.05, 3.63) is 48.0 Å². The standard InChI is InChI=1S/C16H19NO/c1-12(11-17)9-15(18)10-14-7-4-6-13-5-2-3-8-16(13)14/h2-8,12H,9-11,17H2,1H3. The summed E-state index contributed by atoms with van der Waals surface area (Å²) >= 11 is 0. The normalized spacial score (nSPS) is 12.6. The van der Waals surface area contributed by atoms with Crippen LogP contribution in [-0.2, 0) is 11.2 Å². The van der Waals surface area contributed by atoms with Gasteiger partial charge in [0.25, 0.3) is 0 Å². The summed E-state index contributed by atoms with van der Waals surface area (Å²) in [4.78, 5) is 12.0. The Kier molecular flexibility index (Phi) is 4.11. The lowest BCUT2D eigenvalue weighted by molar-refractivity contribution is -0.119. The smallest absolute Gasteiger partial charge is 0.137 e. The molecule has 1 unspecified atom stereocenters. The first-order valence-electron chi connectivity index (χ1n) is 6.39. The first-order valence-corrected chi connectivity index (χ1v) is 6.39. The van der Waals surface area contributed by atoms with Crippen molar-refractivity contribution in [2.24, 2.45) is 11.7 Å². The Labute approximate surface area is 108 Å². The van der Waals surface area contributed by atoms with E-state index in [-0.39, 0.29) is 11.7 Å². The highest BCUT2D eigenvalue weighted by atomic mass is 16.1. The maximum Gasteiger partial charge on any atom is 0.137 e. The number of hydrogen-bond donors (Lipinski definition) is 1. The van der Waals surface area contributed by atoms with Gasteiger partial charge in [0, 0.05) is 12.8 Å². The van der Waals surface area contributed by atoms with Gasteiger partial charge >= 0.3 is 0 Å². The van der Waals surface area contributed by atoms with E-state index in [1.807, 2.05) is 31.2 Å². The molecule has 0 aliphatic rings. The number of Topliss-reactive ketones (excluding diaryl/α,β-unsaturated/α-hetero) is 1. The van der Waals surface area contributed by atoms with E-state index in [0.717, 1.165) is 5.56 Å². The predicted octanol–water partition coefficient (Wildman–Crippen LogP) is 2.94. The second-order valence-corrected chi connectivity index (χ2v) is 4.90. The molecule has 0 aromatic heterocycles. The van der Waals surface area contributed by atoms with Crippen molar-refractivity contribution < 1.29 is 4.79 Å². The molecule has 1 atom stereocenters. The number of nitrogens with two attached hydrogens (primary N) is 1. The van der Waals surface area contributed by atoms with Gasteiger partial charge in [0.1, 0.15) is 5.78 Å². The van der Waals surface area contributed by atoms with Crippen molar-refractivity contribution in [3.8, 4) is 0 Å². The van der Waals surface area contributed by atoms with Gasteiger partial charge in [0.05, 0.1) is 0 Å².